The average molecular weight is 245 g/mol. The maximum Gasteiger partial charge on any atom is 0.343 e. The Bertz CT molecular complexity index is 450. The molecule has 0 aliphatic carbocycles. The van der Waals surface area contributed by atoms with E-state index >= 15 is 0 Å². The molecule has 8 heteroatoms. The van der Waals surface area contributed by atoms with E-state index in [2.05, 4.69) is 5.10 Å². The van der Waals surface area contributed by atoms with E-state index in [1.54, 1.807) is 20.8 Å². The molecule has 1 aromatic rings. The van der Waals surface area contributed by atoms with Crippen LogP contribution in [0.4, 0.5) is 10.1 Å². The molecule has 1 heterocycles. The molecule has 1 rings (SSSR count). The van der Waals surface area contributed by atoms with Crippen molar-refractivity contribution in [3.8, 4) is 0 Å². The lowest BCUT2D eigenvalue weighted by atomic mass is 10.2. The van der Waals surface area contributed by atoms with Crippen molar-refractivity contribution in [1.29, 1.82) is 0 Å². The SMILES string of the molecule is CC(C)(C)OC(=O)Cn1cc([N+](=O)[O-])c(F)n1. The quantitative estimate of drug-likeness (QED) is 0.454. The maximum absolute atomic E-state index is 12.9. The van der Waals surface area contributed by atoms with Gasteiger partial charge < -0.3 is 4.74 Å². The van der Waals surface area contributed by atoms with Gasteiger partial charge >= 0.3 is 17.6 Å². The number of ether oxygens (including phenoxy) is 1. The molecule has 0 N–H and O–H groups in total. The number of carbonyl (C=O) groups excluding carboxylic acids is 1. The molecule has 0 atom stereocenters. The number of carbonyl (C=O) groups is 1. The fraction of sp³-hybridized carbons (Fsp3) is 0.556. The Hall–Kier alpha value is -1.99. The van der Waals surface area contributed by atoms with Crippen molar-refractivity contribution in [2.24, 2.45) is 0 Å². The number of rotatable bonds is 3. The number of aromatic nitrogens is 2. The predicted octanol–water partition coefficient (Wildman–Crippen LogP) is 1.27. The van der Waals surface area contributed by atoms with Crippen molar-refractivity contribution in [2.75, 3.05) is 0 Å². The second-order valence-corrected chi connectivity index (χ2v) is 4.35. The molecule has 0 aromatic carbocycles. The van der Waals surface area contributed by atoms with Gasteiger partial charge in [-0.3, -0.25) is 19.6 Å². The lowest BCUT2D eigenvalue weighted by molar-refractivity contribution is -0.387. The van der Waals surface area contributed by atoms with E-state index in [0.29, 0.717) is 0 Å². The van der Waals surface area contributed by atoms with Crippen LogP contribution in [0.3, 0.4) is 0 Å². The van der Waals surface area contributed by atoms with Gasteiger partial charge in [0.15, 0.2) is 0 Å². The van der Waals surface area contributed by atoms with Crippen molar-refractivity contribution in [3.05, 3.63) is 22.3 Å². The van der Waals surface area contributed by atoms with Crippen LogP contribution < -0.4 is 0 Å². The minimum Gasteiger partial charge on any atom is -0.459 e. The van der Waals surface area contributed by atoms with Crippen LogP contribution in [0.5, 0.6) is 0 Å². The molecule has 1 aromatic heterocycles. The summed E-state index contributed by atoms with van der Waals surface area (Å²) in [7, 11) is 0. The number of hydrogen-bond donors (Lipinski definition) is 0. The van der Waals surface area contributed by atoms with Crippen molar-refractivity contribution >= 4 is 11.7 Å². The minimum absolute atomic E-state index is 0.373. The standard InChI is InChI=1S/C9H12FN3O4/c1-9(2,3)17-7(14)5-12-4-6(13(15)16)8(10)11-12/h4H,5H2,1-3H3. The largest absolute Gasteiger partial charge is 0.459 e. The Labute approximate surface area is 96.3 Å². The van der Waals surface area contributed by atoms with Crippen LogP contribution in [-0.4, -0.2) is 26.3 Å². The first-order chi connectivity index (χ1) is 7.69. The molecule has 0 fully saturated rings. The number of halogens is 1. The summed E-state index contributed by atoms with van der Waals surface area (Å²) in [5.41, 5.74) is -1.44. The number of hydrogen-bond acceptors (Lipinski definition) is 5. The van der Waals surface area contributed by atoms with Gasteiger partial charge in [0, 0.05) is 0 Å². The summed E-state index contributed by atoms with van der Waals surface area (Å²) in [6.07, 6.45) is 0.846. The van der Waals surface area contributed by atoms with Gasteiger partial charge in [-0.15, -0.1) is 5.10 Å². The first kappa shape index (κ1) is 13.1. The number of nitrogens with zero attached hydrogens (tertiary/aromatic N) is 3. The van der Waals surface area contributed by atoms with Crippen LogP contribution in [0.1, 0.15) is 20.8 Å². The molecule has 0 aliphatic heterocycles. The van der Waals surface area contributed by atoms with E-state index in [1.807, 2.05) is 0 Å². The second-order valence-electron chi connectivity index (χ2n) is 4.35. The topological polar surface area (TPSA) is 87.3 Å². The third-order valence-electron chi connectivity index (χ3n) is 1.61. The lowest BCUT2D eigenvalue weighted by Crippen LogP contribution is -2.26. The normalized spacial score (nSPS) is 11.3. The highest BCUT2D eigenvalue weighted by atomic mass is 19.1. The highest BCUT2D eigenvalue weighted by molar-refractivity contribution is 5.69. The predicted molar refractivity (Wildman–Crippen MR) is 54.7 cm³/mol. The van der Waals surface area contributed by atoms with E-state index < -0.39 is 28.1 Å². The summed E-state index contributed by atoms with van der Waals surface area (Å²) in [6.45, 7) is 4.66. The number of esters is 1. The Morgan fingerprint density at radius 1 is 1.65 bits per heavy atom. The smallest absolute Gasteiger partial charge is 0.343 e. The summed E-state index contributed by atoms with van der Waals surface area (Å²) in [5.74, 6) is -1.87. The van der Waals surface area contributed by atoms with Gasteiger partial charge in [0.1, 0.15) is 18.3 Å². The average Bonchev–Trinajstić information content (AvgIpc) is 2.42. The third kappa shape index (κ3) is 3.82. The van der Waals surface area contributed by atoms with Crippen molar-refractivity contribution < 1.29 is 18.8 Å². The van der Waals surface area contributed by atoms with Crippen molar-refractivity contribution in [3.63, 3.8) is 0 Å². The van der Waals surface area contributed by atoms with Crippen molar-refractivity contribution in [2.45, 2.75) is 32.9 Å². The Balaban J connectivity index is 2.73. The fourth-order valence-corrected chi connectivity index (χ4v) is 1.10. The van der Waals surface area contributed by atoms with Gasteiger partial charge in [0.25, 0.3) is 0 Å². The zero-order valence-electron chi connectivity index (χ0n) is 9.64. The monoisotopic (exact) mass is 245 g/mol. The molecule has 0 aliphatic rings. The summed E-state index contributed by atoms with van der Waals surface area (Å²) in [4.78, 5) is 20.8. The number of nitro groups is 1. The van der Waals surface area contributed by atoms with Crippen LogP contribution in [-0.2, 0) is 16.1 Å². The molecule has 0 amide bonds. The summed E-state index contributed by atoms with van der Waals surface area (Å²) in [5, 5.41) is 13.6. The summed E-state index contributed by atoms with van der Waals surface area (Å²) >= 11 is 0. The van der Waals surface area contributed by atoms with Gasteiger partial charge in [-0.2, -0.15) is 4.39 Å². The van der Waals surface area contributed by atoms with Crippen LogP contribution in [0.15, 0.2) is 6.20 Å². The van der Waals surface area contributed by atoms with Crippen LogP contribution in [0.2, 0.25) is 0 Å². The maximum atomic E-state index is 12.9. The molecular formula is C9H12FN3O4. The second kappa shape index (κ2) is 4.48. The third-order valence-corrected chi connectivity index (χ3v) is 1.61. The molecule has 0 saturated heterocycles. The Morgan fingerprint density at radius 3 is 2.65 bits per heavy atom. The Morgan fingerprint density at radius 2 is 2.24 bits per heavy atom. The van der Waals surface area contributed by atoms with Crippen LogP contribution >= 0.6 is 0 Å². The molecular weight excluding hydrogens is 233 g/mol. The highest BCUT2D eigenvalue weighted by Crippen LogP contribution is 2.14. The van der Waals surface area contributed by atoms with Gasteiger partial charge in [0.2, 0.25) is 0 Å². The molecule has 0 radical (unpaired) electrons. The van der Waals surface area contributed by atoms with E-state index in [9.17, 15) is 19.3 Å². The van der Waals surface area contributed by atoms with Gasteiger partial charge in [-0.25, -0.2) is 0 Å². The zero-order valence-corrected chi connectivity index (χ0v) is 9.64. The molecule has 0 unspecified atom stereocenters. The van der Waals surface area contributed by atoms with Gasteiger partial charge in [-0.05, 0) is 20.8 Å². The van der Waals surface area contributed by atoms with Crippen LogP contribution in [0, 0.1) is 16.1 Å². The van der Waals surface area contributed by atoms with Gasteiger partial charge in [0.05, 0.1) is 4.92 Å². The fourth-order valence-electron chi connectivity index (χ4n) is 1.10. The molecule has 0 bridgehead atoms. The first-order valence-corrected chi connectivity index (χ1v) is 4.78. The van der Waals surface area contributed by atoms with E-state index in [1.165, 1.54) is 0 Å². The lowest BCUT2D eigenvalue weighted by Gasteiger charge is -2.19. The van der Waals surface area contributed by atoms with Crippen LogP contribution in [0.25, 0.3) is 0 Å². The molecule has 0 saturated carbocycles. The van der Waals surface area contributed by atoms with Gasteiger partial charge in [-0.1, -0.05) is 0 Å². The van der Waals surface area contributed by atoms with E-state index in [0.717, 1.165) is 10.9 Å². The zero-order chi connectivity index (χ0) is 13.2. The first-order valence-electron chi connectivity index (χ1n) is 4.78. The summed E-state index contributed by atoms with van der Waals surface area (Å²) in [6, 6.07) is 0. The van der Waals surface area contributed by atoms with Crippen molar-refractivity contribution in [1.82, 2.24) is 9.78 Å². The highest BCUT2D eigenvalue weighted by Gasteiger charge is 2.22. The molecule has 0 spiro atoms. The summed E-state index contributed by atoms with van der Waals surface area (Å²) < 4.78 is 18.7. The van der Waals surface area contributed by atoms with E-state index in [-0.39, 0.29) is 6.54 Å². The van der Waals surface area contributed by atoms with E-state index in [4.69, 9.17) is 4.74 Å². The molecule has 7 nitrogen and oxygen atoms in total. The molecule has 94 valence electrons. The molecule has 17 heavy (non-hydrogen) atoms. The minimum atomic E-state index is -1.22. The Kier molecular flexibility index (Phi) is 3.45.